The molecular weight excluding hydrogens is 508 g/mol. The number of aromatic nitrogens is 2. The number of hydrogen-bond acceptors (Lipinski definition) is 6. The van der Waals surface area contributed by atoms with Crippen LogP contribution in [0.2, 0.25) is 0 Å². The van der Waals surface area contributed by atoms with E-state index in [1.165, 1.54) is 5.56 Å². The smallest absolute Gasteiger partial charge is 0.260 e. The van der Waals surface area contributed by atoms with E-state index in [0.717, 1.165) is 56.2 Å². The fourth-order valence-electron chi connectivity index (χ4n) is 4.17. The molecule has 5 aromatic rings. The van der Waals surface area contributed by atoms with E-state index < -0.39 is 0 Å². The summed E-state index contributed by atoms with van der Waals surface area (Å²) in [6.45, 7) is 3.65. The van der Waals surface area contributed by atoms with E-state index in [0.29, 0.717) is 12.1 Å². The maximum Gasteiger partial charge on any atom is 0.260 e. The van der Waals surface area contributed by atoms with Gasteiger partial charge in [-0.2, -0.15) is 0 Å². The fourth-order valence-corrected chi connectivity index (χ4v) is 5.91. The lowest BCUT2D eigenvalue weighted by molar-refractivity contribution is 0.0987. The molecule has 0 aliphatic heterocycles. The van der Waals surface area contributed by atoms with Crippen LogP contribution < -0.4 is 4.90 Å². The number of carbonyl (C=O) groups is 1. The van der Waals surface area contributed by atoms with Crippen molar-refractivity contribution in [3.05, 3.63) is 77.2 Å². The second kappa shape index (κ2) is 11.5. The first kappa shape index (κ1) is 26.2. The Kier molecular flexibility index (Phi) is 8.36. The van der Waals surface area contributed by atoms with E-state index in [9.17, 15) is 4.79 Å². The zero-order valence-electron chi connectivity index (χ0n) is 20.6. The molecule has 0 fully saturated rings. The summed E-state index contributed by atoms with van der Waals surface area (Å²) in [6, 6.07) is 20.3. The number of hydrogen-bond donors (Lipinski definition) is 0. The molecule has 8 heteroatoms. The van der Waals surface area contributed by atoms with Crippen LogP contribution in [0.15, 0.2) is 66.0 Å². The molecule has 0 spiro atoms. The van der Waals surface area contributed by atoms with Crippen molar-refractivity contribution in [2.75, 3.05) is 32.1 Å². The highest BCUT2D eigenvalue weighted by atomic mass is 35.5. The van der Waals surface area contributed by atoms with Gasteiger partial charge in [-0.15, -0.1) is 23.7 Å². The summed E-state index contributed by atoms with van der Waals surface area (Å²) in [5, 5.41) is 3.65. The number of carbonyl (C=O) groups excluding carboxylic acids is 1. The number of pyridine rings is 1. The number of thiazole rings is 1. The molecule has 5 nitrogen and oxygen atoms in total. The minimum atomic E-state index is -0.0325. The highest BCUT2D eigenvalue weighted by Gasteiger charge is 2.24. The summed E-state index contributed by atoms with van der Waals surface area (Å²) in [5.41, 5.74) is 4.53. The Morgan fingerprint density at radius 2 is 1.78 bits per heavy atom. The van der Waals surface area contributed by atoms with Gasteiger partial charge in [0.05, 0.1) is 31.9 Å². The quantitative estimate of drug-likeness (QED) is 0.211. The molecule has 36 heavy (non-hydrogen) atoms. The monoisotopic (exact) mass is 536 g/mol. The number of aryl methyl sites for hydroxylation is 1. The second-order valence-electron chi connectivity index (χ2n) is 8.82. The van der Waals surface area contributed by atoms with E-state index in [4.69, 9.17) is 9.97 Å². The number of fused-ring (bicyclic) bond motifs is 2. The Hall–Kier alpha value is -2.84. The zero-order chi connectivity index (χ0) is 24.4. The van der Waals surface area contributed by atoms with Gasteiger partial charge in [-0.25, -0.2) is 9.97 Å². The number of thiophene rings is 1. The third-order valence-electron chi connectivity index (χ3n) is 6.03. The highest BCUT2D eigenvalue weighted by molar-refractivity contribution is 7.22. The van der Waals surface area contributed by atoms with Crippen LogP contribution in [-0.4, -0.2) is 48.0 Å². The molecule has 5 rings (SSSR count). The summed E-state index contributed by atoms with van der Waals surface area (Å²) in [6.07, 6.45) is 1.83. The van der Waals surface area contributed by atoms with Crippen molar-refractivity contribution in [2.24, 2.45) is 0 Å². The Morgan fingerprint density at radius 1 is 0.944 bits per heavy atom. The van der Waals surface area contributed by atoms with Crippen LogP contribution in [0, 0.1) is 0 Å². The minimum Gasteiger partial charge on any atom is -0.309 e. The van der Waals surface area contributed by atoms with Crippen molar-refractivity contribution < 1.29 is 4.79 Å². The van der Waals surface area contributed by atoms with Gasteiger partial charge in [0.15, 0.2) is 5.13 Å². The van der Waals surface area contributed by atoms with Crippen molar-refractivity contribution in [3.63, 3.8) is 0 Å². The van der Waals surface area contributed by atoms with E-state index in [1.54, 1.807) is 22.7 Å². The first-order valence-corrected chi connectivity index (χ1v) is 13.5. The molecule has 0 saturated heterocycles. The molecule has 0 aliphatic carbocycles. The Labute approximate surface area is 225 Å². The molecule has 0 bridgehead atoms. The minimum absolute atomic E-state index is 0. The summed E-state index contributed by atoms with van der Waals surface area (Å²) in [5.74, 6) is -0.0325. The molecule has 0 saturated carbocycles. The van der Waals surface area contributed by atoms with Crippen LogP contribution in [0.4, 0.5) is 5.13 Å². The van der Waals surface area contributed by atoms with Gasteiger partial charge < -0.3 is 4.90 Å². The van der Waals surface area contributed by atoms with Crippen LogP contribution in [0.3, 0.4) is 0 Å². The van der Waals surface area contributed by atoms with E-state index >= 15 is 0 Å². The predicted molar refractivity (Wildman–Crippen MR) is 156 cm³/mol. The van der Waals surface area contributed by atoms with Crippen molar-refractivity contribution in [2.45, 2.75) is 19.8 Å². The van der Waals surface area contributed by atoms with Crippen LogP contribution >= 0.6 is 35.1 Å². The van der Waals surface area contributed by atoms with Crippen LogP contribution in [-0.2, 0) is 6.42 Å². The van der Waals surface area contributed by atoms with Gasteiger partial charge in [-0.05, 0) is 74.8 Å². The van der Waals surface area contributed by atoms with Gasteiger partial charge in [-0.3, -0.25) is 9.69 Å². The average molecular weight is 537 g/mol. The van der Waals surface area contributed by atoms with Gasteiger partial charge in [0, 0.05) is 11.9 Å². The Morgan fingerprint density at radius 3 is 2.53 bits per heavy atom. The molecule has 3 heterocycles. The molecule has 1 amide bonds. The molecule has 0 atom stereocenters. The third-order valence-corrected chi connectivity index (χ3v) is 7.97. The number of para-hydroxylation sites is 1. The number of rotatable bonds is 8. The molecule has 186 valence electrons. The fraction of sp³-hybridized carbons (Fsp3) is 0.250. The van der Waals surface area contributed by atoms with Crippen LogP contribution in [0.1, 0.15) is 29.3 Å². The van der Waals surface area contributed by atoms with Gasteiger partial charge >= 0.3 is 0 Å². The number of anilines is 1. The van der Waals surface area contributed by atoms with Crippen LogP contribution in [0.5, 0.6) is 0 Å². The number of amides is 1. The summed E-state index contributed by atoms with van der Waals surface area (Å²) in [4.78, 5) is 29.0. The van der Waals surface area contributed by atoms with E-state index in [-0.39, 0.29) is 18.3 Å². The molecule has 0 radical (unpaired) electrons. The van der Waals surface area contributed by atoms with Crippen molar-refractivity contribution >= 4 is 67.2 Å². The zero-order valence-corrected chi connectivity index (χ0v) is 23.1. The number of nitrogens with zero attached hydrogens (tertiary/aromatic N) is 4. The Bertz CT molecular complexity index is 1480. The van der Waals surface area contributed by atoms with E-state index in [2.05, 4.69) is 44.1 Å². The maximum absolute atomic E-state index is 14.2. The topological polar surface area (TPSA) is 49.3 Å². The lowest BCUT2D eigenvalue weighted by Gasteiger charge is -2.22. The van der Waals surface area contributed by atoms with Gasteiger partial charge in [0.1, 0.15) is 0 Å². The summed E-state index contributed by atoms with van der Waals surface area (Å²) < 4.78 is 1.11. The lowest BCUT2D eigenvalue weighted by Crippen LogP contribution is -2.33. The molecule has 0 aliphatic rings. The first-order valence-electron chi connectivity index (χ1n) is 11.8. The molecule has 0 N–H and O–H groups in total. The molecule has 3 aromatic heterocycles. The average Bonchev–Trinajstić information content (AvgIpc) is 3.55. The standard InChI is InChI=1S/C28H28N4OS2.ClH/c1-4-19-12-13-23-26(17-19)35-28(30-23)32(15-8-14-31(2)3)27(33)21-18-24(25-11-7-16-34-25)29-22-10-6-5-9-20(21)22;/h5-7,9-13,16-18H,4,8,14-15H2,1-3H3;1H. The lowest BCUT2D eigenvalue weighted by atomic mass is 10.1. The molecular formula is C28H29ClN4OS2. The summed E-state index contributed by atoms with van der Waals surface area (Å²) >= 11 is 3.22. The maximum atomic E-state index is 14.2. The second-order valence-corrected chi connectivity index (χ2v) is 10.8. The van der Waals surface area contributed by atoms with Gasteiger partial charge in [0.25, 0.3) is 5.91 Å². The summed E-state index contributed by atoms with van der Waals surface area (Å²) in [7, 11) is 4.11. The number of halogens is 1. The van der Waals surface area contributed by atoms with Crippen molar-refractivity contribution in [1.82, 2.24) is 14.9 Å². The predicted octanol–water partition coefficient (Wildman–Crippen LogP) is 7.16. The third kappa shape index (κ3) is 5.44. The number of benzene rings is 2. The SMILES string of the molecule is CCc1ccc2nc(N(CCCN(C)C)C(=O)c3cc(-c4cccs4)nc4ccccc34)sc2c1.Cl. The largest absolute Gasteiger partial charge is 0.309 e. The van der Waals surface area contributed by atoms with Crippen molar-refractivity contribution in [1.29, 1.82) is 0 Å². The molecule has 2 aromatic carbocycles. The van der Waals surface area contributed by atoms with Gasteiger partial charge in [0.2, 0.25) is 0 Å². The van der Waals surface area contributed by atoms with Gasteiger partial charge in [-0.1, -0.05) is 48.6 Å². The van der Waals surface area contributed by atoms with Crippen LogP contribution in [0.25, 0.3) is 31.7 Å². The normalized spacial score (nSPS) is 11.2. The van der Waals surface area contributed by atoms with Crippen molar-refractivity contribution in [3.8, 4) is 10.6 Å². The molecule has 0 unspecified atom stereocenters. The first-order chi connectivity index (χ1) is 17.0. The highest BCUT2D eigenvalue weighted by Crippen LogP contribution is 2.33. The van der Waals surface area contributed by atoms with E-state index in [1.807, 2.05) is 52.7 Å². The Balaban J connectivity index is 0.00000304.